The Morgan fingerprint density at radius 2 is 1.48 bits per heavy atom. The first kappa shape index (κ1) is 14.9. The fourth-order valence-electron chi connectivity index (χ4n) is 2.21. The minimum absolute atomic E-state index is 0.134. The third kappa shape index (κ3) is 3.77. The molecular weight excluding hydrogens is 286 g/mol. The van der Waals surface area contributed by atoms with E-state index < -0.39 is 0 Å². The molecule has 0 spiro atoms. The van der Waals surface area contributed by atoms with E-state index in [0.29, 0.717) is 11.3 Å². The number of hydrogen-bond donors (Lipinski definition) is 1. The van der Waals surface area contributed by atoms with Crippen molar-refractivity contribution >= 4 is 11.6 Å². The highest BCUT2D eigenvalue weighted by molar-refractivity contribution is 6.04. The summed E-state index contributed by atoms with van der Waals surface area (Å²) in [5, 5.41) is 2.93. The van der Waals surface area contributed by atoms with Crippen LogP contribution in [0.15, 0.2) is 78.9 Å². The number of amides is 1. The SMILES string of the molecule is Cc1ccc(Oc2ccccc2)cc1NC(=O)c1ccccc1. The lowest BCUT2D eigenvalue weighted by atomic mass is 10.1. The molecule has 0 heterocycles. The number of hydrogen-bond acceptors (Lipinski definition) is 2. The Morgan fingerprint density at radius 3 is 2.17 bits per heavy atom. The lowest BCUT2D eigenvalue weighted by Gasteiger charge is -2.11. The molecule has 0 atom stereocenters. The molecule has 0 aliphatic heterocycles. The maximum atomic E-state index is 12.3. The van der Waals surface area contributed by atoms with Gasteiger partial charge in [-0.25, -0.2) is 0 Å². The molecule has 3 aromatic rings. The molecule has 114 valence electrons. The molecule has 1 amide bonds. The summed E-state index contributed by atoms with van der Waals surface area (Å²) < 4.78 is 5.81. The zero-order valence-electron chi connectivity index (χ0n) is 12.8. The summed E-state index contributed by atoms with van der Waals surface area (Å²) >= 11 is 0. The Hall–Kier alpha value is -3.07. The number of nitrogens with one attached hydrogen (secondary N) is 1. The quantitative estimate of drug-likeness (QED) is 0.733. The highest BCUT2D eigenvalue weighted by Gasteiger charge is 2.08. The van der Waals surface area contributed by atoms with Gasteiger partial charge in [-0.1, -0.05) is 42.5 Å². The summed E-state index contributed by atoms with van der Waals surface area (Å²) in [6.45, 7) is 1.95. The molecule has 3 heteroatoms. The van der Waals surface area contributed by atoms with E-state index >= 15 is 0 Å². The first-order valence-electron chi connectivity index (χ1n) is 7.42. The molecule has 1 N–H and O–H groups in total. The fraction of sp³-hybridized carbons (Fsp3) is 0.0500. The number of aryl methyl sites for hydroxylation is 1. The molecule has 3 rings (SSSR count). The van der Waals surface area contributed by atoms with Gasteiger partial charge >= 0.3 is 0 Å². The van der Waals surface area contributed by atoms with Crippen LogP contribution >= 0.6 is 0 Å². The number of ether oxygens (including phenoxy) is 1. The van der Waals surface area contributed by atoms with Crippen molar-refractivity contribution in [3.8, 4) is 11.5 Å². The lowest BCUT2D eigenvalue weighted by Crippen LogP contribution is -2.12. The van der Waals surface area contributed by atoms with E-state index in [1.54, 1.807) is 12.1 Å². The van der Waals surface area contributed by atoms with Crippen molar-refractivity contribution in [2.45, 2.75) is 6.92 Å². The van der Waals surface area contributed by atoms with E-state index in [1.807, 2.05) is 73.7 Å². The summed E-state index contributed by atoms with van der Waals surface area (Å²) in [5.41, 5.74) is 2.35. The first-order chi connectivity index (χ1) is 11.2. The third-order valence-electron chi connectivity index (χ3n) is 3.47. The van der Waals surface area contributed by atoms with Gasteiger partial charge in [0.1, 0.15) is 11.5 Å². The van der Waals surface area contributed by atoms with Crippen LogP contribution in [0, 0.1) is 6.92 Å². The van der Waals surface area contributed by atoms with Crippen LogP contribution in [-0.2, 0) is 0 Å². The zero-order chi connectivity index (χ0) is 16.1. The largest absolute Gasteiger partial charge is 0.457 e. The second-order valence-corrected chi connectivity index (χ2v) is 5.21. The molecule has 23 heavy (non-hydrogen) atoms. The third-order valence-corrected chi connectivity index (χ3v) is 3.47. The van der Waals surface area contributed by atoms with Crippen molar-refractivity contribution < 1.29 is 9.53 Å². The monoisotopic (exact) mass is 303 g/mol. The van der Waals surface area contributed by atoms with E-state index in [9.17, 15) is 4.79 Å². The second kappa shape index (κ2) is 6.79. The van der Waals surface area contributed by atoms with Gasteiger partial charge in [0.25, 0.3) is 5.91 Å². The number of carbonyl (C=O) groups is 1. The molecule has 0 saturated heterocycles. The van der Waals surface area contributed by atoms with Gasteiger partial charge < -0.3 is 10.1 Å². The fourth-order valence-corrected chi connectivity index (χ4v) is 2.21. The highest BCUT2D eigenvalue weighted by Crippen LogP contribution is 2.26. The van der Waals surface area contributed by atoms with Crippen molar-refractivity contribution in [3.05, 3.63) is 90.0 Å². The summed E-state index contributed by atoms with van der Waals surface area (Å²) in [6.07, 6.45) is 0. The number of benzene rings is 3. The molecule has 0 aliphatic rings. The predicted molar refractivity (Wildman–Crippen MR) is 92.1 cm³/mol. The van der Waals surface area contributed by atoms with E-state index in [4.69, 9.17) is 4.74 Å². The van der Waals surface area contributed by atoms with Crippen molar-refractivity contribution in [1.82, 2.24) is 0 Å². The van der Waals surface area contributed by atoms with Gasteiger partial charge in [-0.2, -0.15) is 0 Å². The lowest BCUT2D eigenvalue weighted by molar-refractivity contribution is 0.102. The Kier molecular flexibility index (Phi) is 4.39. The van der Waals surface area contributed by atoms with Crippen LogP contribution in [0.25, 0.3) is 0 Å². The minimum Gasteiger partial charge on any atom is -0.457 e. The highest BCUT2D eigenvalue weighted by atomic mass is 16.5. The van der Waals surface area contributed by atoms with Gasteiger partial charge in [-0.3, -0.25) is 4.79 Å². The Labute approximate surface area is 135 Å². The number of para-hydroxylation sites is 1. The topological polar surface area (TPSA) is 38.3 Å². The zero-order valence-corrected chi connectivity index (χ0v) is 12.8. The number of rotatable bonds is 4. The number of carbonyl (C=O) groups excluding carboxylic acids is 1. The van der Waals surface area contributed by atoms with Crippen molar-refractivity contribution in [1.29, 1.82) is 0 Å². The van der Waals surface area contributed by atoms with E-state index in [0.717, 1.165) is 17.0 Å². The van der Waals surface area contributed by atoms with Gasteiger partial charge in [0.2, 0.25) is 0 Å². The Balaban J connectivity index is 1.79. The van der Waals surface area contributed by atoms with Gasteiger partial charge in [0.05, 0.1) is 0 Å². The average Bonchev–Trinajstić information content (AvgIpc) is 2.59. The van der Waals surface area contributed by atoms with Crippen LogP contribution in [0.5, 0.6) is 11.5 Å². The molecule has 0 radical (unpaired) electrons. The normalized spacial score (nSPS) is 10.1. The van der Waals surface area contributed by atoms with Crippen molar-refractivity contribution in [3.63, 3.8) is 0 Å². The van der Waals surface area contributed by atoms with Crippen LogP contribution in [0.4, 0.5) is 5.69 Å². The minimum atomic E-state index is -0.134. The molecule has 3 aromatic carbocycles. The van der Waals surface area contributed by atoms with Gasteiger partial charge in [0, 0.05) is 17.3 Å². The Morgan fingerprint density at radius 1 is 0.826 bits per heavy atom. The predicted octanol–water partition coefficient (Wildman–Crippen LogP) is 5.04. The summed E-state index contributed by atoms with van der Waals surface area (Å²) in [7, 11) is 0. The molecule has 3 nitrogen and oxygen atoms in total. The molecule has 0 bridgehead atoms. The van der Waals surface area contributed by atoms with Crippen LogP contribution < -0.4 is 10.1 Å². The second-order valence-electron chi connectivity index (χ2n) is 5.21. The summed E-state index contributed by atoms with van der Waals surface area (Å²) in [5.74, 6) is 1.31. The summed E-state index contributed by atoms with van der Waals surface area (Å²) in [4.78, 5) is 12.3. The average molecular weight is 303 g/mol. The van der Waals surface area contributed by atoms with Crippen LogP contribution in [0.1, 0.15) is 15.9 Å². The molecule has 0 aromatic heterocycles. The van der Waals surface area contributed by atoms with Gasteiger partial charge in [0.15, 0.2) is 0 Å². The maximum Gasteiger partial charge on any atom is 0.255 e. The van der Waals surface area contributed by atoms with Crippen molar-refractivity contribution in [2.75, 3.05) is 5.32 Å². The number of anilines is 1. The molecule has 0 unspecified atom stereocenters. The van der Waals surface area contributed by atoms with Crippen LogP contribution in [0.2, 0.25) is 0 Å². The smallest absolute Gasteiger partial charge is 0.255 e. The molecular formula is C20H17NO2. The molecule has 0 aliphatic carbocycles. The van der Waals surface area contributed by atoms with E-state index in [-0.39, 0.29) is 5.91 Å². The summed E-state index contributed by atoms with van der Waals surface area (Å²) in [6, 6.07) is 24.4. The Bertz CT molecular complexity index is 798. The van der Waals surface area contributed by atoms with E-state index in [2.05, 4.69) is 5.32 Å². The van der Waals surface area contributed by atoms with Gasteiger partial charge in [-0.05, 0) is 42.8 Å². The molecule has 0 saturated carbocycles. The molecule has 0 fully saturated rings. The van der Waals surface area contributed by atoms with Crippen LogP contribution in [-0.4, -0.2) is 5.91 Å². The standard InChI is InChI=1S/C20H17NO2/c1-15-12-13-18(23-17-10-6-3-7-11-17)14-19(15)21-20(22)16-8-4-2-5-9-16/h2-14H,1H3,(H,21,22). The van der Waals surface area contributed by atoms with Crippen LogP contribution in [0.3, 0.4) is 0 Å². The van der Waals surface area contributed by atoms with E-state index in [1.165, 1.54) is 0 Å². The van der Waals surface area contributed by atoms with Gasteiger partial charge in [-0.15, -0.1) is 0 Å². The maximum absolute atomic E-state index is 12.3. The van der Waals surface area contributed by atoms with Crippen molar-refractivity contribution in [2.24, 2.45) is 0 Å². The first-order valence-corrected chi connectivity index (χ1v) is 7.42.